The van der Waals surface area contributed by atoms with Gasteiger partial charge in [0.1, 0.15) is 5.82 Å². The fourth-order valence-corrected chi connectivity index (χ4v) is 2.69. The standard InChI is InChI=1S/C14H20N4/c1-10-8-18(7-6-11(10)15)9-14-16-12-4-2-3-5-13(12)17-14/h2-5,10-11H,6-9,15H2,1H3,(H,16,17). The highest BCUT2D eigenvalue weighted by atomic mass is 15.2. The fourth-order valence-electron chi connectivity index (χ4n) is 2.69. The van der Waals surface area contributed by atoms with E-state index in [0.29, 0.717) is 12.0 Å². The van der Waals surface area contributed by atoms with E-state index >= 15 is 0 Å². The molecule has 3 rings (SSSR count). The van der Waals surface area contributed by atoms with Crippen molar-refractivity contribution in [1.82, 2.24) is 14.9 Å². The van der Waals surface area contributed by atoms with Crippen LogP contribution in [0.2, 0.25) is 0 Å². The summed E-state index contributed by atoms with van der Waals surface area (Å²) in [5.41, 5.74) is 8.21. The number of likely N-dealkylation sites (tertiary alicyclic amines) is 1. The van der Waals surface area contributed by atoms with Gasteiger partial charge in [0.15, 0.2) is 0 Å². The van der Waals surface area contributed by atoms with Crippen LogP contribution in [0.3, 0.4) is 0 Å². The molecule has 2 unspecified atom stereocenters. The smallest absolute Gasteiger partial charge is 0.121 e. The first-order valence-corrected chi connectivity index (χ1v) is 6.64. The van der Waals surface area contributed by atoms with E-state index in [0.717, 1.165) is 42.9 Å². The van der Waals surface area contributed by atoms with Gasteiger partial charge in [-0.3, -0.25) is 4.90 Å². The van der Waals surface area contributed by atoms with Crippen molar-refractivity contribution >= 4 is 11.0 Å². The van der Waals surface area contributed by atoms with E-state index in [1.165, 1.54) is 0 Å². The second-order valence-electron chi connectivity index (χ2n) is 5.37. The predicted octanol–water partition coefficient (Wildman–Crippen LogP) is 1.73. The Hall–Kier alpha value is -1.39. The molecule has 0 bridgehead atoms. The number of aromatic nitrogens is 2. The van der Waals surface area contributed by atoms with Gasteiger partial charge < -0.3 is 10.7 Å². The molecule has 0 aliphatic carbocycles. The third-order valence-electron chi connectivity index (χ3n) is 3.87. The summed E-state index contributed by atoms with van der Waals surface area (Å²) in [5, 5.41) is 0. The van der Waals surface area contributed by atoms with Gasteiger partial charge in [-0.05, 0) is 24.5 Å². The average molecular weight is 244 g/mol. The SMILES string of the molecule is CC1CN(Cc2nc3ccccc3[nH]2)CCC1N. The summed E-state index contributed by atoms with van der Waals surface area (Å²) in [6.07, 6.45) is 1.08. The Bertz CT molecular complexity index is 500. The highest BCUT2D eigenvalue weighted by Gasteiger charge is 2.23. The summed E-state index contributed by atoms with van der Waals surface area (Å²) >= 11 is 0. The fraction of sp³-hybridized carbons (Fsp3) is 0.500. The summed E-state index contributed by atoms with van der Waals surface area (Å²) in [5.74, 6) is 1.63. The molecule has 3 N–H and O–H groups in total. The molecular weight excluding hydrogens is 224 g/mol. The van der Waals surface area contributed by atoms with E-state index < -0.39 is 0 Å². The minimum atomic E-state index is 0.358. The van der Waals surface area contributed by atoms with Crippen molar-refractivity contribution in [2.45, 2.75) is 25.9 Å². The van der Waals surface area contributed by atoms with Crippen LogP contribution in [-0.4, -0.2) is 34.0 Å². The van der Waals surface area contributed by atoms with Crippen LogP contribution in [-0.2, 0) is 6.54 Å². The number of nitrogens with two attached hydrogens (primary N) is 1. The third-order valence-corrected chi connectivity index (χ3v) is 3.87. The Labute approximate surface area is 107 Å². The summed E-state index contributed by atoms with van der Waals surface area (Å²) in [6.45, 7) is 5.27. The van der Waals surface area contributed by atoms with Gasteiger partial charge in [0, 0.05) is 19.1 Å². The minimum absolute atomic E-state index is 0.358. The molecule has 0 spiro atoms. The van der Waals surface area contributed by atoms with Crippen LogP contribution in [0.25, 0.3) is 11.0 Å². The van der Waals surface area contributed by atoms with Gasteiger partial charge in [0.25, 0.3) is 0 Å². The zero-order chi connectivity index (χ0) is 12.5. The molecule has 1 saturated heterocycles. The number of benzene rings is 1. The quantitative estimate of drug-likeness (QED) is 0.846. The van der Waals surface area contributed by atoms with Gasteiger partial charge in [-0.2, -0.15) is 0 Å². The van der Waals surface area contributed by atoms with Crippen LogP contribution >= 0.6 is 0 Å². The number of piperidine rings is 1. The molecule has 1 fully saturated rings. The summed E-state index contributed by atoms with van der Waals surface area (Å²) in [4.78, 5) is 10.4. The molecule has 4 heteroatoms. The number of rotatable bonds is 2. The molecular formula is C14H20N4. The zero-order valence-electron chi connectivity index (χ0n) is 10.8. The maximum atomic E-state index is 6.05. The Morgan fingerprint density at radius 3 is 3.06 bits per heavy atom. The first-order valence-electron chi connectivity index (χ1n) is 6.64. The number of H-pyrrole nitrogens is 1. The van der Waals surface area contributed by atoms with Crippen molar-refractivity contribution in [3.05, 3.63) is 30.1 Å². The lowest BCUT2D eigenvalue weighted by molar-refractivity contribution is 0.155. The topological polar surface area (TPSA) is 57.9 Å². The monoisotopic (exact) mass is 244 g/mol. The number of imidazole rings is 1. The van der Waals surface area contributed by atoms with E-state index in [9.17, 15) is 0 Å². The lowest BCUT2D eigenvalue weighted by atomic mass is 9.95. The molecule has 1 aliphatic rings. The first-order chi connectivity index (χ1) is 8.72. The summed E-state index contributed by atoms with van der Waals surface area (Å²) in [7, 11) is 0. The van der Waals surface area contributed by atoms with Gasteiger partial charge in [0.2, 0.25) is 0 Å². The number of para-hydroxylation sites is 2. The first kappa shape index (κ1) is 11.7. The predicted molar refractivity (Wildman–Crippen MR) is 73.1 cm³/mol. The largest absolute Gasteiger partial charge is 0.341 e. The van der Waals surface area contributed by atoms with E-state index in [-0.39, 0.29) is 0 Å². The van der Waals surface area contributed by atoms with E-state index in [4.69, 9.17) is 5.73 Å². The van der Waals surface area contributed by atoms with Crippen LogP contribution < -0.4 is 5.73 Å². The van der Waals surface area contributed by atoms with Gasteiger partial charge in [-0.25, -0.2) is 4.98 Å². The number of aromatic amines is 1. The summed E-state index contributed by atoms with van der Waals surface area (Å²) in [6, 6.07) is 8.53. The average Bonchev–Trinajstić information content (AvgIpc) is 2.76. The molecule has 1 aromatic carbocycles. The third kappa shape index (κ3) is 2.26. The zero-order valence-corrected chi connectivity index (χ0v) is 10.8. The van der Waals surface area contributed by atoms with Crippen LogP contribution in [0.15, 0.2) is 24.3 Å². The highest BCUT2D eigenvalue weighted by Crippen LogP contribution is 2.18. The van der Waals surface area contributed by atoms with Gasteiger partial charge in [-0.1, -0.05) is 19.1 Å². The Kier molecular flexibility index (Phi) is 3.06. The molecule has 0 radical (unpaired) electrons. The Morgan fingerprint density at radius 2 is 2.28 bits per heavy atom. The molecule has 4 nitrogen and oxygen atoms in total. The van der Waals surface area contributed by atoms with Gasteiger partial charge >= 0.3 is 0 Å². The van der Waals surface area contributed by atoms with E-state index in [2.05, 4.69) is 27.9 Å². The van der Waals surface area contributed by atoms with Crippen molar-refractivity contribution in [1.29, 1.82) is 0 Å². The molecule has 2 heterocycles. The van der Waals surface area contributed by atoms with Crippen molar-refractivity contribution in [2.24, 2.45) is 11.7 Å². The Balaban J connectivity index is 1.72. The maximum Gasteiger partial charge on any atom is 0.121 e. The molecule has 18 heavy (non-hydrogen) atoms. The number of fused-ring (bicyclic) bond motifs is 1. The highest BCUT2D eigenvalue weighted by molar-refractivity contribution is 5.74. The number of hydrogen-bond donors (Lipinski definition) is 2. The number of nitrogens with one attached hydrogen (secondary N) is 1. The molecule has 2 aromatic rings. The molecule has 96 valence electrons. The number of hydrogen-bond acceptors (Lipinski definition) is 3. The minimum Gasteiger partial charge on any atom is -0.341 e. The molecule has 0 saturated carbocycles. The van der Waals surface area contributed by atoms with E-state index in [1.807, 2.05) is 18.2 Å². The molecule has 2 atom stereocenters. The molecule has 0 amide bonds. The Morgan fingerprint density at radius 1 is 1.44 bits per heavy atom. The van der Waals surface area contributed by atoms with Crippen molar-refractivity contribution in [3.63, 3.8) is 0 Å². The molecule has 1 aromatic heterocycles. The van der Waals surface area contributed by atoms with Crippen molar-refractivity contribution in [2.75, 3.05) is 13.1 Å². The second kappa shape index (κ2) is 4.71. The van der Waals surface area contributed by atoms with Crippen molar-refractivity contribution < 1.29 is 0 Å². The van der Waals surface area contributed by atoms with Crippen LogP contribution in [0.1, 0.15) is 19.2 Å². The van der Waals surface area contributed by atoms with Crippen molar-refractivity contribution in [3.8, 4) is 0 Å². The lowest BCUT2D eigenvalue weighted by Gasteiger charge is -2.34. The lowest BCUT2D eigenvalue weighted by Crippen LogP contribution is -2.45. The number of nitrogens with zero attached hydrogens (tertiary/aromatic N) is 2. The van der Waals surface area contributed by atoms with Gasteiger partial charge in [0.05, 0.1) is 17.6 Å². The summed E-state index contributed by atoms with van der Waals surface area (Å²) < 4.78 is 0. The van der Waals surface area contributed by atoms with Crippen LogP contribution in [0.4, 0.5) is 0 Å². The maximum absolute atomic E-state index is 6.05. The van der Waals surface area contributed by atoms with E-state index in [1.54, 1.807) is 0 Å². The van der Waals surface area contributed by atoms with Gasteiger partial charge in [-0.15, -0.1) is 0 Å². The molecule has 1 aliphatic heterocycles. The normalized spacial score (nSPS) is 25.7. The van der Waals surface area contributed by atoms with Crippen LogP contribution in [0.5, 0.6) is 0 Å². The van der Waals surface area contributed by atoms with Crippen LogP contribution in [0, 0.1) is 5.92 Å². The second-order valence-corrected chi connectivity index (χ2v) is 5.37.